The van der Waals surface area contributed by atoms with Crippen LogP contribution in [0.25, 0.3) is 22.3 Å². The van der Waals surface area contributed by atoms with Crippen molar-refractivity contribution in [3.8, 4) is 11.3 Å². The van der Waals surface area contributed by atoms with E-state index in [4.69, 9.17) is 16.6 Å². The molecule has 1 saturated carbocycles. The van der Waals surface area contributed by atoms with Gasteiger partial charge in [-0.05, 0) is 56.0 Å². The van der Waals surface area contributed by atoms with Crippen LogP contribution in [0, 0.1) is 0 Å². The van der Waals surface area contributed by atoms with Crippen LogP contribution in [0.3, 0.4) is 0 Å². The molecule has 0 radical (unpaired) electrons. The minimum atomic E-state index is 0.101. The van der Waals surface area contributed by atoms with Crippen molar-refractivity contribution < 1.29 is 4.79 Å². The molecule has 0 atom stereocenters. The van der Waals surface area contributed by atoms with Gasteiger partial charge in [0.05, 0.1) is 17.3 Å². The monoisotopic (exact) mass is 493 g/mol. The van der Waals surface area contributed by atoms with Crippen molar-refractivity contribution in [2.75, 3.05) is 63.8 Å². The number of amides is 1. The van der Waals surface area contributed by atoms with Crippen LogP contribution in [0.15, 0.2) is 30.6 Å². The maximum Gasteiger partial charge on any atom is 0.242 e. The molecule has 35 heavy (non-hydrogen) atoms. The van der Waals surface area contributed by atoms with Crippen molar-refractivity contribution in [2.45, 2.75) is 25.2 Å². The average molecular weight is 494 g/mol. The first-order valence-corrected chi connectivity index (χ1v) is 13.1. The number of nitrogens with zero attached hydrogens (tertiary/aromatic N) is 5. The van der Waals surface area contributed by atoms with E-state index in [9.17, 15) is 4.79 Å². The van der Waals surface area contributed by atoms with E-state index in [-0.39, 0.29) is 5.91 Å². The molecule has 1 amide bonds. The Morgan fingerprint density at radius 1 is 1.06 bits per heavy atom. The van der Waals surface area contributed by atoms with Crippen molar-refractivity contribution in [2.24, 2.45) is 0 Å². The third-order valence-electron chi connectivity index (χ3n) is 7.43. The molecule has 8 nitrogen and oxygen atoms in total. The van der Waals surface area contributed by atoms with Crippen molar-refractivity contribution >= 4 is 34.4 Å². The SMILES string of the molecule is O=C1CN(CCCN2CCNCC2)CCN1c1cccc(-c2cnc3[nH]cc(C4CC4)c3c2Cl)n1. The molecule has 5 heterocycles. The van der Waals surface area contributed by atoms with Gasteiger partial charge in [-0.2, -0.15) is 0 Å². The molecular weight excluding hydrogens is 462 g/mol. The van der Waals surface area contributed by atoms with Gasteiger partial charge in [-0.25, -0.2) is 9.97 Å². The van der Waals surface area contributed by atoms with E-state index in [2.05, 4.69) is 25.1 Å². The largest absolute Gasteiger partial charge is 0.346 e. The van der Waals surface area contributed by atoms with E-state index in [0.29, 0.717) is 29.8 Å². The number of aromatic nitrogens is 3. The van der Waals surface area contributed by atoms with Crippen LogP contribution in [0.5, 0.6) is 0 Å². The molecule has 0 aromatic carbocycles. The average Bonchev–Trinajstić information content (AvgIpc) is 3.63. The molecule has 3 aromatic heterocycles. The van der Waals surface area contributed by atoms with Crippen molar-refractivity contribution in [1.82, 2.24) is 30.1 Å². The molecule has 6 rings (SSSR count). The van der Waals surface area contributed by atoms with Crippen LogP contribution in [-0.2, 0) is 4.79 Å². The fraction of sp³-hybridized carbons (Fsp3) is 0.500. The third kappa shape index (κ3) is 4.80. The Morgan fingerprint density at radius 3 is 2.69 bits per heavy atom. The first-order valence-electron chi connectivity index (χ1n) is 12.8. The zero-order valence-corrected chi connectivity index (χ0v) is 20.7. The molecule has 2 N–H and O–H groups in total. The van der Waals surface area contributed by atoms with E-state index in [1.807, 2.05) is 29.3 Å². The Hall–Kier alpha value is -2.52. The van der Waals surface area contributed by atoms with Gasteiger partial charge in [0.25, 0.3) is 0 Å². The van der Waals surface area contributed by atoms with Crippen molar-refractivity contribution in [3.63, 3.8) is 0 Å². The van der Waals surface area contributed by atoms with Gasteiger partial charge in [0, 0.05) is 62.6 Å². The van der Waals surface area contributed by atoms with E-state index < -0.39 is 0 Å². The number of anilines is 1. The van der Waals surface area contributed by atoms with Crippen LogP contribution >= 0.6 is 11.6 Å². The number of H-pyrrole nitrogens is 1. The van der Waals surface area contributed by atoms with E-state index in [1.54, 1.807) is 6.20 Å². The van der Waals surface area contributed by atoms with Crippen LogP contribution < -0.4 is 10.2 Å². The summed E-state index contributed by atoms with van der Waals surface area (Å²) in [4.78, 5) is 32.3. The quantitative estimate of drug-likeness (QED) is 0.526. The minimum Gasteiger partial charge on any atom is -0.346 e. The molecule has 0 spiro atoms. The zero-order valence-electron chi connectivity index (χ0n) is 20.0. The van der Waals surface area contributed by atoms with Gasteiger partial charge in [-0.1, -0.05) is 17.7 Å². The fourth-order valence-corrected chi connectivity index (χ4v) is 5.65. The van der Waals surface area contributed by atoms with E-state index in [0.717, 1.165) is 74.5 Å². The number of piperazine rings is 2. The van der Waals surface area contributed by atoms with Gasteiger partial charge in [0.1, 0.15) is 11.5 Å². The lowest BCUT2D eigenvalue weighted by Crippen LogP contribution is -2.51. The highest BCUT2D eigenvalue weighted by Crippen LogP contribution is 2.46. The first-order chi connectivity index (χ1) is 17.2. The molecule has 3 aliphatic rings. The second-order valence-electron chi connectivity index (χ2n) is 9.88. The van der Waals surface area contributed by atoms with Gasteiger partial charge >= 0.3 is 0 Å². The van der Waals surface area contributed by atoms with Crippen LogP contribution in [0.1, 0.15) is 30.7 Å². The molecule has 3 fully saturated rings. The molecule has 2 aliphatic heterocycles. The smallest absolute Gasteiger partial charge is 0.242 e. The molecule has 2 saturated heterocycles. The van der Waals surface area contributed by atoms with Crippen LogP contribution in [0.2, 0.25) is 5.02 Å². The standard InChI is InChI=1S/C26H32ClN7O/c27-25-20(16-30-26-24(25)19(15-29-26)18-5-6-18)21-3-1-4-22(31-21)34-14-13-33(17-23(34)35)10-2-9-32-11-7-28-8-12-32/h1,3-4,15-16,18,28H,2,5-14,17H2,(H,29,30). The number of carbonyl (C=O) groups is 1. The lowest BCUT2D eigenvalue weighted by atomic mass is 10.1. The number of hydrogen-bond donors (Lipinski definition) is 2. The summed E-state index contributed by atoms with van der Waals surface area (Å²) in [6.45, 7) is 8.40. The predicted molar refractivity (Wildman–Crippen MR) is 139 cm³/mol. The number of aromatic amines is 1. The molecule has 3 aromatic rings. The second kappa shape index (κ2) is 9.85. The van der Waals surface area contributed by atoms with Gasteiger partial charge < -0.3 is 15.2 Å². The molecule has 9 heteroatoms. The minimum absolute atomic E-state index is 0.101. The Kier molecular flexibility index (Phi) is 6.45. The van der Waals surface area contributed by atoms with E-state index >= 15 is 0 Å². The Bertz CT molecular complexity index is 1220. The second-order valence-corrected chi connectivity index (χ2v) is 10.3. The summed E-state index contributed by atoms with van der Waals surface area (Å²) in [7, 11) is 0. The topological polar surface area (TPSA) is 80.4 Å². The van der Waals surface area contributed by atoms with Gasteiger partial charge in [-0.3, -0.25) is 14.6 Å². The summed E-state index contributed by atoms with van der Waals surface area (Å²) < 4.78 is 0. The summed E-state index contributed by atoms with van der Waals surface area (Å²) in [5, 5.41) is 5.08. The van der Waals surface area contributed by atoms with Gasteiger partial charge in [0.2, 0.25) is 5.91 Å². The van der Waals surface area contributed by atoms with Crippen LogP contribution in [0.4, 0.5) is 5.82 Å². The van der Waals surface area contributed by atoms with Crippen molar-refractivity contribution in [3.05, 3.63) is 41.2 Å². The number of pyridine rings is 2. The maximum atomic E-state index is 13.0. The number of carbonyl (C=O) groups excluding carboxylic acids is 1. The maximum absolute atomic E-state index is 13.0. The molecule has 184 valence electrons. The summed E-state index contributed by atoms with van der Waals surface area (Å²) >= 11 is 6.89. The Morgan fingerprint density at radius 2 is 1.89 bits per heavy atom. The predicted octanol–water partition coefficient (Wildman–Crippen LogP) is 3.10. The fourth-order valence-electron chi connectivity index (χ4n) is 5.31. The lowest BCUT2D eigenvalue weighted by Gasteiger charge is -2.34. The number of halogens is 1. The normalized spacial score (nSPS) is 20.1. The number of fused-ring (bicyclic) bond motifs is 1. The highest BCUT2D eigenvalue weighted by molar-refractivity contribution is 6.38. The van der Waals surface area contributed by atoms with Crippen molar-refractivity contribution in [1.29, 1.82) is 0 Å². The Balaban J connectivity index is 1.14. The molecule has 1 aliphatic carbocycles. The van der Waals surface area contributed by atoms with E-state index in [1.165, 1.54) is 18.4 Å². The molecule has 0 bridgehead atoms. The first kappa shape index (κ1) is 22.9. The highest BCUT2D eigenvalue weighted by atomic mass is 35.5. The summed E-state index contributed by atoms with van der Waals surface area (Å²) in [6, 6.07) is 5.80. The summed E-state index contributed by atoms with van der Waals surface area (Å²) in [5.41, 5.74) is 3.62. The molecule has 0 unspecified atom stereocenters. The van der Waals surface area contributed by atoms with Gasteiger partial charge in [0.15, 0.2) is 0 Å². The molecular formula is C26H32ClN7O. The summed E-state index contributed by atoms with van der Waals surface area (Å²) in [5.74, 6) is 1.35. The highest BCUT2D eigenvalue weighted by Gasteiger charge is 2.29. The van der Waals surface area contributed by atoms with Gasteiger partial charge in [-0.15, -0.1) is 0 Å². The summed E-state index contributed by atoms with van der Waals surface area (Å²) in [6.07, 6.45) is 7.31. The number of hydrogen-bond acceptors (Lipinski definition) is 6. The zero-order chi connectivity index (χ0) is 23.8. The number of rotatable bonds is 7. The number of nitrogens with one attached hydrogen (secondary N) is 2. The third-order valence-corrected chi connectivity index (χ3v) is 7.82. The van der Waals surface area contributed by atoms with Crippen LogP contribution in [-0.4, -0.2) is 89.6 Å². The lowest BCUT2D eigenvalue weighted by molar-refractivity contribution is -0.121. The Labute approximate surface area is 210 Å².